The van der Waals surface area contributed by atoms with Crippen molar-refractivity contribution in [2.75, 3.05) is 43.9 Å². The lowest BCUT2D eigenvalue weighted by Gasteiger charge is -2.23. The molecule has 1 atom stereocenters. The summed E-state index contributed by atoms with van der Waals surface area (Å²) < 4.78 is 0. The van der Waals surface area contributed by atoms with Crippen molar-refractivity contribution in [2.24, 2.45) is 11.8 Å². The van der Waals surface area contributed by atoms with Crippen LogP contribution in [0.2, 0.25) is 0 Å². The molecule has 0 aliphatic heterocycles. The van der Waals surface area contributed by atoms with Crippen molar-refractivity contribution in [3.05, 3.63) is 20.4 Å². The molecule has 1 rings (SSSR count). The summed E-state index contributed by atoms with van der Waals surface area (Å²) in [5.41, 5.74) is 0.172. The zero-order valence-corrected chi connectivity index (χ0v) is 39.4. The lowest BCUT2D eigenvalue weighted by atomic mass is 9.89. The van der Waals surface area contributed by atoms with Crippen molar-refractivity contribution in [3.63, 3.8) is 0 Å². The lowest BCUT2D eigenvalue weighted by Crippen LogP contribution is -2.37. The van der Waals surface area contributed by atoms with Gasteiger partial charge in [-0.15, -0.1) is 0 Å². The van der Waals surface area contributed by atoms with Gasteiger partial charge in [0.05, 0.1) is 0 Å². The first-order valence-corrected chi connectivity index (χ1v) is 25.0. The van der Waals surface area contributed by atoms with Crippen LogP contribution in [0.3, 0.4) is 0 Å². The lowest BCUT2D eigenvalue weighted by molar-refractivity contribution is -0.123. The number of nitrogens with one attached hydrogen (secondary N) is 2. The molecule has 4 N–H and O–H groups in total. The normalized spacial score (nSPS) is 11.6. The number of anilines is 2. The van der Waals surface area contributed by atoms with Crippen LogP contribution in [0.4, 0.5) is 11.4 Å². The first-order chi connectivity index (χ1) is 28.8. The van der Waals surface area contributed by atoms with Gasteiger partial charge in [0.25, 0.3) is 23.8 Å². The Labute approximate surface area is 363 Å². The summed E-state index contributed by atoms with van der Waals surface area (Å²) in [6, 6.07) is 0. The van der Waals surface area contributed by atoms with Gasteiger partial charge in [0.2, 0.25) is 0 Å². The Kier molecular flexibility index (Phi) is 46.4. The molecule has 1 aromatic rings. The molecule has 348 valence electrons. The molecule has 0 aliphatic rings. The fraction of sp³-hybridized carbons (Fsp3) is 0.880. The van der Waals surface area contributed by atoms with Gasteiger partial charge in [0.1, 0.15) is 11.4 Å². The zero-order chi connectivity index (χ0) is 44.0. The van der Waals surface area contributed by atoms with Gasteiger partial charge < -0.3 is 25.7 Å². The molecule has 9 heteroatoms. The summed E-state index contributed by atoms with van der Waals surface area (Å²) in [5.74, 6) is 1.88. The number of hydrogen-bond donors (Lipinski definition) is 4. The van der Waals surface area contributed by atoms with E-state index in [1.54, 1.807) is 7.05 Å². The summed E-state index contributed by atoms with van der Waals surface area (Å²) in [7, 11) is 1.71. The molecule has 0 aromatic heterocycles. The van der Waals surface area contributed by atoms with Crippen LogP contribution in [0.25, 0.3) is 0 Å². The molecule has 0 bridgehead atoms. The SMILES string of the molecule is CCCCCCCCC(CC)CCCCCN(CCCCCCCC(CCCCCCCC)CCCCCCCC)CCCNc1c(NC)c(=O)c1=O.O=CO.O=CO. The minimum Gasteiger partial charge on any atom is -0.483 e. The Morgan fingerprint density at radius 1 is 0.458 bits per heavy atom. The third kappa shape index (κ3) is 36.0. The van der Waals surface area contributed by atoms with Crippen LogP contribution in [0.5, 0.6) is 0 Å². The van der Waals surface area contributed by atoms with Crippen molar-refractivity contribution in [3.8, 4) is 0 Å². The number of carboxylic acid groups (broad SMARTS) is 2. The predicted octanol–water partition coefficient (Wildman–Crippen LogP) is 13.6. The van der Waals surface area contributed by atoms with E-state index in [4.69, 9.17) is 19.8 Å². The molecular formula is C50H97N3O6. The molecular weight excluding hydrogens is 739 g/mol. The zero-order valence-electron chi connectivity index (χ0n) is 39.4. The number of rotatable bonds is 42. The van der Waals surface area contributed by atoms with Crippen molar-refractivity contribution >= 4 is 24.3 Å². The molecule has 0 spiro atoms. The first kappa shape index (κ1) is 58.7. The van der Waals surface area contributed by atoms with E-state index in [0.29, 0.717) is 11.4 Å². The van der Waals surface area contributed by atoms with Crippen LogP contribution < -0.4 is 21.5 Å². The summed E-state index contributed by atoms with van der Waals surface area (Å²) >= 11 is 0. The summed E-state index contributed by atoms with van der Waals surface area (Å²) in [6.07, 6.45) is 46.0. The highest BCUT2D eigenvalue weighted by Gasteiger charge is 2.19. The minimum absolute atomic E-state index is 0.250. The molecule has 0 saturated heterocycles. The minimum atomic E-state index is -0.389. The first-order valence-electron chi connectivity index (χ1n) is 25.0. The predicted molar refractivity (Wildman–Crippen MR) is 255 cm³/mol. The van der Waals surface area contributed by atoms with E-state index in [9.17, 15) is 9.59 Å². The van der Waals surface area contributed by atoms with E-state index in [1.165, 1.54) is 219 Å². The van der Waals surface area contributed by atoms with Gasteiger partial charge in [0.15, 0.2) is 0 Å². The summed E-state index contributed by atoms with van der Waals surface area (Å²) in [6.45, 7) is 13.0. The number of nitrogens with zero attached hydrogens (tertiary/aromatic N) is 1. The number of unbranched alkanes of at least 4 members (excludes halogenated alkanes) is 21. The highest BCUT2D eigenvalue weighted by atomic mass is 16.3. The highest BCUT2D eigenvalue weighted by Crippen LogP contribution is 2.25. The van der Waals surface area contributed by atoms with E-state index in [-0.39, 0.29) is 23.8 Å². The van der Waals surface area contributed by atoms with Gasteiger partial charge in [-0.25, -0.2) is 0 Å². The van der Waals surface area contributed by atoms with Crippen molar-refractivity contribution in [1.29, 1.82) is 0 Å². The molecule has 0 aliphatic carbocycles. The summed E-state index contributed by atoms with van der Waals surface area (Å²) in [5, 5.41) is 19.9. The van der Waals surface area contributed by atoms with Gasteiger partial charge in [0, 0.05) is 13.6 Å². The standard InChI is InChI=1S/C48H93N3O2.2CH2O2/c1-6-10-13-16-20-26-34-43(9-4)35-30-25-32-41-51(42-33-39-50-46-45(49-5)47(52)48(46)53)40-31-24-19-23-29-38-44(36-27-21-17-14-11-7-2)37-28-22-18-15-12-8-3;2*2-1-3/h43-44,49-50H,6-42H2,1-5H3;2*1H,(H,2,3). The Hall–Kier alpha value is -2.42. The molecule has 0 fully saturated rings. The maximum atomic E-state index is 12.0. The van der Waals surface area contributed by atoms with E-state index >= 15 is 0 Å². The molecule has 0 saturated carbocycles. The van der Waals surface area contributed by atoms with Crippen molar-refractivity contribution in [2.45, 2.75) is 240 Å². The third-order valence-electron chi connectivity index (χ3n) is 12.3. The van der Waals surface area contributed by atoms with Crippen LogP contribution in [0, 0.1) is 11.8 Å². The molecule has 1 aromatic carbocycles. The average Bonchev–Trinajstić information content (AvgIpc) is 3.23. The Morgan fingerprint density at radius 2 is 0.763 bits per heavy atom. The number of hydrogen-bond acceptors (Lipinski definition) is 7. The Bertz CT molecular complexity index is 1070. The van der Waals surface area contributed by atoms with E-state index < -0.39 is 0 Å². The highest BCUT2D eigenvalue weighted by molar-refractivity contribution is 5.73. The quantitative estimate of drug-likeness (QED) is 0.0288. The fourth-order valence-electron chi connectivity index (χ4n) is 8.52. The number of carbonyl (C=O) groups is 2. The molecule has 0 radical (unpaired) electrons. The molecule has 0 heterocycles. The van der Waals surface area contributed by atoms with Gasteiger partial charge in [-0.05, 0) is 50.7 Å². The van der Waals surface area contributed by atoms with E-state index in [1.807, 2.05) is 0 Å². The monoisotopic (exact) mass is 836 g/mol. The molecule has 59 heavy (non-hydrogen) atoms. The fourth-order valence-corrected chi connectivity index (χ4v) is 8.52. The largest absolute Gasteiger partial charge is 0.483 e. The Balaban J connectivity index is 0. The maximum Gasteiger partial charge on any atom is 0.290 e. The molecule has 0 amide bonds. The van der Waals surface area contributed by atoms with Crippen molar-refractivity contribution in [1.82, 2.24) is 4.90 Å². The van der Waals surface area contributed by atoms with Crippen LogP contribution in [0.15, 0.2) is 9.59 Å². The van der Waals surface area contributed by atoms with Gasteiger partial charge >= 0.3 is 0 Å². The Morgan fingerprint density at radius 3 is 1.14 bits per heavy atom. The smallest absolute Gasteiger partial charge is 0.290 e. The van der Waals surface area contributed by atoms with Crippen LogP contribution in [0.1, 0.15) is 240 Å². The van der Waals surface area contributed by atoms with Crippen molar-refractivity contribution < 1.29 is 19.8 Å². The average molecular weight is 836 g/mol. The van der Waals surface area contributed by atoms with Crippen LogP contribution in [-0.4, -0.2) is 61.3 Å². The third-order valence-corrected chi connectivity index (χ3v) is 12.3. The maximum absolute atomic E-state index is 12.0. The van der Waals surface area contributed by atoms with E-state index in [2.05, 4.69) is 43.2 Å². The van der Waals surface area contributed by atoms with Gasteiger partial charge in [-0.2, -0.15) is 0 Å². The van der Waals surface area contributed by atoms with Crippen LogP contribution in [-0.2, 0) is 9.59 Å². The second-order valence-electron chi connectivity index (χ2n) is 17.2. The molecule has 9 nitrogen and oxygen atoms in total. The topological polar surface area (TPSA) is 136 Å². The van der Waals surface area contributed by atoms with Crippen LogP contribution >= 0.6 is 0 Å². The van der Waals surface area contributed by atoms with Gasteiger partial charge in [-0.3, -0.25) is 19.2 Å². The van der Waals surface area contributed by atoms with Gasteiger partial charge in [-0.1, -0.05) is 220 Å². The second-order valence-corrected chi connectivity index (χ2v) is 17.2. The molecule has 1 unspecified atom stereocenters. The second kappa shape index (κ2) is 46.6. The van der Waals surface area contributed by atoms with E-state index in [0.717, 1.165) is 31.3 Å². The summed E-state index contributed by atoms with van der Waals surface area (Å²) in [4.78, 5) is 43.2.